The van der Waals surface area contributed by atoms with Crippen molar-refractivity contribution in [3.8, 4) is 11.1 Å². The summed E-state index contributed by atoms with van der Waals surface area (Å²) in [6.07, 6.45) is -1.99. The van der Waals surface area contributed by atoms with Crippen LogP contribution in [0.4, 0.5) is 13.2 Å². The van der Waals surface area contributed by atoms with E-state index >= 15 is 0 Å². The van der Waals surface area contributed by atoms with Gasteiger partial charge in [0.15, 0.2) is 0 Å². The second-order valence-electron chi connectivity index (χ2n) is 4.83. The van der Waals surface area contributed by atoms with Crippen molar-refractivity contribution < 1.29 is 23.1 Å². The molecule has 0 aliphatic rings. The Morgan fingerprint density at radius 1 is 1.00 bits per heavy atom. The SMILES string of the molecule is O=C(O)c1ccnc2ccc(-c3ccc(C(F)(F)F)nc3)cc12. The van der Waals surface area contributed by atoms with Crippen molar-refractivity contribution in [2.45, 2.75) is 6.18 Å². The van der Waals surface area contributed by atoms with Gasteiger partial charge in [0, 0.05) is 23.3 Å². The largest absolute Gasteiger partial charge is 0.478 e. The van der Waals surface area contributed by atoms with Gasteiger partial charge in [0.05, 0.1) is 11.1 Å². The highest BCUT2D eigenvalue weighted by molar-refractivity contribution is 6.03. The fourth-order valence-electron chi connectivity index (χ4n) is 2.24. The maximum absolute atomic E-state index is 12.5. The minimum atomic E-state index is -4.50. The van der Waals surface area contributed by atoms with Crippen molar-refractivity contribution >= 4 is 16.9 Å². The number of rotatable bonds is 2. The summed E-state index contributed by atoms with van der Waals surface area (Å²) < 4.78 is 37.6. The van der Waals surface area contributed by atoms with E-state index in [1.165, 1.54) is 18.3 Å². The summed E-state index contributed by atoms with van der Waals surface area (Å²) in [5, 5.41) is 9.62. The number of alkyl halides is 3. The van der Waals surface area contributed by atoms with Crippen LogP contribution in [0.5, 0.6) is 0 Å². The number of carboxylic acid groups (broad SMARTS) is 1. The van der Waals surface area contributed by atoms with Gasteiger partial charge in [-0.25, -0.2) is 4.79 Å². The predicted octanol–water partition coefficient (Wildman–Crippen LogP) is 4.01. The van der Waals surface area contributed by atoms with E-state index in [0.717, 1.165) is 12.3 Å². The Morgan fingerprint density at radius 2 is 1.74 bits per heavy atom. The summed E-state index contributed by atoms with van der Waals surface area (Å²) in [6, 6.07) is 8.42. The molecule has 0 saturated heterocycles. The number of pyridine rings is 2. The Morgan fingerprint density at radius 3 is 2.35 bits per heavy atom. The normalized spacial score (nSPS) is 11.6. The summed E-state index contributed by atoms with van der Waals surface area (Å²) in [4.78, 5) is 18.7. The average Bonchev–Trinajstić information content (AvgIpc) is 2.53. The molecule has 2 aromatic heterocycles. The number of carboxylic acids is 1. The zero-order valence-electron chi connectivity index (χ0n) is 11.5. The standard InChI is InChI=1S/C16H9F3N2O2/c17-16(18,19)14-4-2-10(8-21-14)9-1-3-13-12(7-9)11(15(22)23)5-6-20-13/h1-8H,(H,22,23). The Bertz CT molecular complexity index is 890. The Kier molecular flexibility index (Phi) is 3.48. The van der Waals surface area contributed by atoms with Gasteiger partial charge in [0.25, 0.3) is 0 Å². The molecular formula is C16H9F3N2O2. The molecule has 0 saturated carbocycles. The van der Waals surface area contributed by atoms with Gasteiger partial charge < -0.3 is 5.11 Å². The maximum Gasteiger partial charge on any atom is 0.433 e. The number of hydrogen-bond donors (Lipinski definition) is 1. The van der Waals surface area contributed by atoms with Gasteiger partial charge in [-0.1, -0.05) is 12.1 Å². The van der Waals surface area contributed by atoms with Crippen LogP contribution >= 0.6 is 0 Å². The molecule has 23 heavy (non-hydrogen) atoms. The van der Waals surface area contributed by atoms with Gasteiger partial charge in [-0.15, -0.1) is 0 Å². The first-order valence-electron chi connectivity index (χ1n) is 6.52. The molecule has 2 heterocycles. The number of benzene rings is 1. The van der Waals surface area contributed by atoms with E-state index in [9.17, 15) is 23.1 Å². The van der Waals surface area contributed by atoms with E-state index in [1.54, 1.807) is 18.2 Å². The van der Waals surface area contributed by atoms with Crippen LogP contribution in [0.15, 0.2) is 48.8 Å². The van der Waals surface area contributed by atoms with Crippen LogP contribution in [0.1, 0.15) is 16.1 Å². The minimum Gasteiger partial charge on any atom is -0.478 e. The van der Waals surface area contributed by atoms with Crippen molar-refractivity contribution in [1.82, 2.24) is 9.97 Å². The molecule has 0 spiro atoms. The lowest BCUT2D eigenvalue weighted by molar-refractivity contribution is -0.141. The molecular weight excluding hydrogens is 309 g/mol. The topological polar surface area (TPSA) is 63.1 Å². The Hall–Kier alpha value is -2.96. The van der Waals surface area contributed by atoms with E-state index in [-0.39, 0.29) is 5.56 Å². The lowest BCUT2D eigenvalue weighted by Crippen LogP contribution is -2.07. The highest BCUT2D eigenvalue weighted by atomic mass is 19.4. The molecule has 4 nitrogen and oxygen atoms in total. The molecule has 1 aromatic carbocycles. The number of aromatic nitrogens is 2. The van der Waals surface area contributed by atoms with Gasteiger partial charge in [0.2, 0.25) is 0 Å². The fraction of sp³-hybridized carbons (Fsp3) is 0.0625. The lowest BCUT2D eigenvalue weighted by atomic mass is 10.0. The molecule has 7 heteroatoms. The van der Waals surface area contributed by atoms with Gasteiger partial charge >= 0.3 is 12.1 Å². The number of fused-ring (bicyclic) bond motifs is 1. The van der Waals surface area contributed by atoms with Crippen molar-refractivity contribution in [2.24, 2.45) is 0 Å². The highest BCUT2D eigenvalue weighted by Gasteiger charge is 2.32. The molecule has 0 aliphatic carbocycles. The zero-order chi connectivity index (χ0) is 16.6. The van der Waals surface area contributed by atoms with Crippen LogP contribution in [0.2, 0.25) is 0 Å². The number of halogens is 3. The van der Waals surface area contributed by atoms with Crippen LogP contribution in [0.3, 0.4) is 0 Å². The van der Waals surface area contributed by atoms with Crippen LogP contribution in [-0.4, -0.2) is 21.0 Å². The van der Waals surface area contributed by atoms with Crippen LogP contribution in [-0.2, 0) is 6.18 Å². The average molecular weight is 318 g/mol. The monoisotopic (exact) mass is 318 g/mol. The summed E-state index contributed by atoms with van der Waals surface area (Å²) in [7, 11) is 0. The van der Waals surface area contributed by atoms with E-state index < -0.39 is 17.8 Å². The first-order valence-corrected chi connectivity index (χ1v) is 6.52. The van der Waals surface area contributed by atoms with Crippen molar-refractivity contribution in [3.05, 3.63) is 60.0 Å². The van der Waals surface area contributed by atoms with E-state index in [0.29, 0.717) is 22.0 Å². The van der Waals surface area contributed by atoms with E-state index in [2.05, 4.69) is 9.97 Å². The molecule has 0 amide bonds. The molecule has 1 N–H and O–H groups in total. The third kappa shape index (κ3) is 2.85. The first-order chi connectivity index (χ1) is 10.9. The molecule has 3 rings (SSSR count). The minimum absolute atomic E-state index is 0.0803. The van der Waals surface area contributed by atoms with Crippen molar-refractivity contribution in [1.29, 1.82) is 0 Å². The van der Waals surface area contributed by atoms with Gasteiger partial charge in [-0.2, -0.15) is 13.2 Å². The second kappa shape index (κ2) is 5.35. The number of hydrogen-bond acceptors (Lipinski definition) is 3. The van der Waals surface area contributed by atoms with Crippen LogP contribution < -0.4 is 0 Å². The Labute approximate surface area is 128 Å². The third-order valence-electron chi connectivity index (χ3n) is 3.36. The third-order valence-corrected chi connectivity index (χ3v) is 3.36. The van der Waals surface area contributed by atoms with E-state index in [4.69, 9.17) is 0 Å². The summed E-state index contributed by atoms with van der Waals surface area (Å²) in [6.45, 7) is 0. The lowest BCUT2D eigenvalue weighted by Gasteiger charge is -2.08. The van der Waals surface area contributed by atoms with Crippen molar-refractivity contribution in [2.75, 3.05) is 0 Å². The molecule has 0 unspecified atom stereocenters. The fourth-order valence-corrected chi connectivity index (χ4v) is 2.24. The zero-order valence-corrected chi connectivity index (χ0v) is 11.5. The highest BCUT2D eigenvalue weighted by Crippen LogP contribution is 2.30. The molecule has 0 radical (unpaired) electrons. The predicted molar refractivity (Wildman–Crippen MR) is 76.9 cm³/mol. The van der Waals surface area contributed by atoms with Gasteiger partial charge in [-0.3, -0.25) is 9.97 Å². The van der Waals surface area contributed by atoms with E-state index in [1.807, 2.05) is 0 Å². The molecule has 0 bridgehead atoms. The summed E-state index contributed by atoms with van der Waals surface area (Å²) in [5.74, 6) is -1.10. The number of nitrogens with zero attached hydrogens (tertiary/aromatic N) is 2. The number of aromatic carboxylic acids is 1. The maximum atomic E-state index is 12.5. The van der Waals surface area contributed by atoms with Crippen LogP contribution in [0, 0.1) is 0 Å². The van der Waals surface area contributed by atoms with Gasteiger partial charge in [-0.05, 0) is 29.8 Å². The van der Waals surface area contributed by atoms with Crippen molar-refractivity contribution in [3.63, 3.8) is 0 Å². The molecule has 3 aromatic rings. The molecule has 0 aliphatic heterocycles. The smallest absolute Gasteiger partial charge is 0.433 e. The first kappa shape index (κ1) is 15.0. The molecule has 0 atom stereocenters. The quantitative estimate of drug-likeness (QED) is 0.775. The molecule has 116 valence electrons. The summed E-state index contributed by atoms with van der Waals surface area (Å²) >= 11 is 0. The van der Waals surface area contributed by atoms with Crippen LogP contribution in [0.25, 0.3) is 22.0 Å². The summed E-state index contributed by atoms with van der Waals surface area (Å²) in [5.41, 5.74) is 0.620. The molecule has 0 fully saturated rings. The van der Waals surface area contributed by atoms with Gasteiger partial charge in [0.1, 0.15) is 5.69 Å². The number of carbonyl (C=O) groups is 1. The Balaban J connectivity index is 2.10. The second-order valence-corrected chi connectivity index (χ2v) is 4.83.